The molecule has 5 aromatic rings. The van der Waals surface area contributed by atoms with Crippen LogP contribution in [0.5, 0.6) is 0 Å². The molecule has 44 heavy (non-hydrogen) atoms. The van der Waals surface area contributed by atoms with Crippen LogP contribution in [0, 0.1) is 0 Å². The molecule has 0 N–H and O–H groups in total. The quantitative estimate of drug-likeness (QED) is 0.177. The summed E-state index contributed by atoms with van der Waals surface area (Å²) in [5.41, 5.74) is 5.17. The van der Waals surface area contributed by atoms with Gasteiger partial charge < -0.3 is 9.47 Å². The number of carbonyl (C=O) groups excluding carboxylic acids is 2. The van der Waals surface area contributed by atoms with Gasteiger partial charge in [-0.05, 0) is 57.9 Å². The van der Waals surface area contributed by atoms with Crippen LogP contribution >= 0.6 is 0 Å². The lowest BCUT2D eigenvalue weighted by atomic mass is 9.77. The summed E-state index contributed by atoms with van der Waals surface area (Å²) in [5, 5.41) is 0. The Bertz CT molecular complexity index is 1780. The van der Waals surface area contributed by atoms with Crippen molar-refractivity contribution in [2.24, 2.45) is 0 Å². The van der Waals surface area contributed by atoms with Crippen molar-refractivity contribution in [3.63, 3.8) is 0 Å². The normalized spacial score (nSPS) is 22.9. The van der Waals surface area contributed by atoms with E-state index in [9.17, 15) is 9.59 Å². The van der Waals surface area contributed by atoms with Gasteiger partial charge in [0.1, 0.15) is 10.8 Å². The fraction of sp³-hybridized carbons (Fsp3) is 0.200. The van der Waals surface area contributed by atoms with Crippen molar-refractivity contribution in [3.05, 3.63) is 167 Å². The second kappa shape index (κ2) is 10.6. The first-order valence-electron chi connectivity index (χ1n) is 15.1. The zero-order valence-electron chi connectivity index (χ0n) is 24.9. The molecular formula is C40H34O4. The van der Waals surface area contributed by atoms with Gasteiger partial charge in [0.05, 0.1) is 14.2 Å². The van der Waals surface area contributed by atoms with E-state index in [0.717, 1.165) is 45.4 Å². The molecule has 3 atom stereocenters. The number of benzene rings is 5. The fourth-order valence-electron chi connectivity index (χ4n) is 7.67. The van der Waals surface area contributed by atoms with E-state index in [1.807, 2.05) is 66.7 Å². The van der Waals surface area contributed by atoms with Crippen LogP contribution in [0.2, 0.25) is 0 Å². The van der Waals surface area contributed by atoms with Gasteiger partial charge in [-0.3, -0.25) is 9.59 Å². The standard InChI is InChI=1S/C40H34O4/c1-43-36(41)38(26-35(38)29-13-6-3-7-14-29)34-20-12-15-30(25-34)28-21-23-33(24-22-28)40(37(42)44-2)27-39(40,31-16-8-4-9-17-31)32-18-10-5-11-19-32/h3-25,35H,26-27H2,1-2H3/t35-,38-,40+/m0/s1. The summed E-state index contributed by atoms with van der Waals surface area (Å²) in [6, 6.07) is 47.2. The van der Waals surface area contributed by atoms with Crippen LogP contribution in [-0.4, -0.2) is 26.2 Å². The maximum absolute atomic E-state index is 13.7. The van der Waals surface area contributed by atoms with Crippen LogP contribution in [0.15, 0.2) is 140 Å². The first-order chi connectivity index (χ1) is 21.5. The smallest absolute Gasteiger partial charge is 0.317 e. The maximum Gasteiger partial charge on any atom is 0.317 e. The minimum atomic E-state index is -0.851. The van der Waals surface area contributed by atoms with Gasteiger partial charge in [0.2, 0.25) is 0 Å². The second-order valence-electron chi connectivity index (χ2n) is 12.0. The monoisotopic (exact) mass is 578 g/mol. The fourth-order valence-corrected chi connectivity index (χ4v) is 7.67. The van der Waals surface area contributed by atoms with Crippen molar-refractivity contribution in [1.82, 2.24) is 0 Å². The molecule has 2 aliphatic carbocycles. The molecule has 0 aliphatic heterocycles. The molecule has 7 rings (SSSR count). The molecule has 2 aliphatic rings. The lowest BCUT2D eigenvalue weighted by Crippen LogP contribution is -2.32. The van der Waals surface area contributed by atoms with Gasteiger partial charge in [-0.1, -0.05) is 133 Å². The Balaban J connectivity index is 1.27. The molecule has 0 spiro atoms. The molecule has 0 unspecified atom stereocenters. The van der Waals surface area contributed by atoms with Crippen molar-refractivity contribution < 1.29 is 19.1 Å². The summed E-state index contributed by atoms with van der Waals surface area (Å²) in [5.74, 6) is -0.362. The summed E-state index contributed by atoms with van der Waals surface area (Å²) in [4.78, 5) is 27.0. The summed E-state index contributed by atoms with van der Waals surface area (Å²) in [6.07, 6.45) is 1.34. The van der Waals surface area contributed by atoms with Crippen molar-refractivity contribution in [3.8, 4) is 11.1 Å². The van der Waals surface area contributed by atoms with Gasteiger partial charge in [0.25, 0.3) is 0 Å². The lowest BCUT2D eigenvalue weighted by molar-refractivity contribution is -0.144. The summed E-state index contributed by atoms with van der Waals surface area (Å²) < 4.78 is 10.8. The van der Waals surface area contributed by atoms with E-state index < -0.39 is 16.2 Å². The highest BCUT2D eigenvalue weighted by atomic mass is 16.5. The van der Waals surface area contributed by atoms with E-state index in [-0.39, 0.29) is 17.9 Å². The van der Waals surface area contributed by atoms with Gasteiger partial charge >= 0.3 is 11.9 Å². The zero-order valence-corrected chi connectivity index (χ0v) is 24.9. The minimum absolute atomic E-state index is 0.0765. The van der Waals surface area contributed by atoms with E-state index in [1.165, 1.54) is 14.2 Å². The number of hydrogen-bond donors (Lipinski definition) is 0. The number of rotatable bonds is 8. The molecule has 2 fully saturated rings. The lowest BCUT2D eigenvalue weighted by Gasteiger charge is -2.26. The SMILES string of the molecule is COC(=O)[C@]1(c2cccc(-c3ccc([C@@]4(C(=O)OC)CC4(c4ccccc4)c4ccccc4)cc3)c2)C[C@H]1c1ccccc1. The zero-order chi connectivity index (χ0) is 30.4. The molecule has 0 bridgehead atoms. The third kappa shape index (κ3) is 4.05. The summed E-state index contributed by atoms with van der Waals surface area (Å²) in [7, 11) is 2.94. The Morgan fingerprint density at radius 3 is 1.68 bits per heavy atom. The van der Waals surface area contributed by atoms with Gasteiger partial charge in [-0.25, -0.2) is 0 Å². The maximum atomic E-state index is 13.7. The molecule has 4 nitrogen and oxygen atoms in total. The van der Waals surface area contributed by atoms with Crippen LogP contribution in [0.4, 0.5) is 0 Å². The van der Waals surface area contributed by atoms with Crippen molar-refractivity contribution in [2.75, 3.05) is 14.2 Å². The third-order valence-corrected chi connectivity index (χ3v) is 10.0. The molecule has 0 amide bonds. The molecule has 0 heterocycles. The highest BCUT2D eigenvalue weighted by Gasteiger charge is 2.75. The van der Waals surface area contributed by atoms with Crippen LogP contribution < -0.4 is 0 Å². The third-order valence-electron chi connectivity index (χ3n) is 10.0. The Morgan fingerprint density at radius 2 is 1.11 bits per heavy atom. The van der Waals surface area contributed by atoms with Crippen molar-refractivity contribution in [2.45, 2.75) is 35.0 Å². The van der Waals surface area contributed by atoms with Gasteiger partial charge in [-0.2, -0.15) is 0 Å². The Hall–Kier alpha value is -4.96. The number of ether oxygens (including phenoxy) is 2. The van der Waals surface area contributed by atoms with Gasteiger partial charge in [0.15, 0.2) is 0 Å². The Morgan fingerprint density at radius 1 is 0.568 bits per heavy atom. The number of carbonyl (C=O) groups is 2. The first-order valence-corrected chi connectivity index (χ1v) is 15.1. The highest BCUT2D eigenvalue weighted by Crippen LogP contribution is 2.69. The van der Waals surface area contributed by atoms with Crippen molar-refractivity contribution >= 4 is 11.9 Å². The van der Waals surface area contributed by atoms with E-state index in [2.05, 4.69) is 72.8 Å². The summed E-state index contributed by atoms with van der Waals surface area (Å²) in [6.45, 7) is 0. The molecule has 5 aromatic carbocycles. The highest BCUT2D eigenvalue weighted by molar-refractivity contribution is 5.93. The number of hydrogen-bond acceptors (Lipinski definition) is 4. The average Bonchev–Trinajstić information content (AvgIpc) is 4.02. The molecule has 218 valence electrons. The van der Waals surface area contributed by atoms with E-state index >= 15 is 0 Å². The second-order valence-corrected chi connectivity index (χ2v) is 12.0. The molecule has 0 aromatic heterocycles. The van der Waals surface area contributed by atoms with E-state index in [4.69, 9.17) is 9.47 Å². The molecular weight excluding hydrogens is 544 g/mol. The molecule has 0 radical (unpaired) electrons. The summed E-state index contributed by atoms with van der Waals surface area (Å²) >= 11 is 0. The Labute approximate surface area is 258 Å². The van der Waals surface area contributed by atoms with Crippen LogP contribution in [0.1, 0.15) is 46.6 Å². The van der Waals surface area contributed by atoms with E-state index in [0.29, 0.717) is 6.42 Å². The Kier molecular flexibility index (Phi) is 6.73. The predicted octanol–water partition coefficient (Wildman–Crippen LogP) is 7.75. The first kappa shape index (κ1) is 27.8. The van der Waals surface area contributed by atoms with Crippen LogP contribution in [-0.2, 0) is 35.3 Å². The minimum Gasteiger partial charge on any atom is -0.468 e. The average molecular weight is 579 g/mol. The van der Waals surface area contributed by atoms with E-state index in [1.54, 1.807) is 0 Å². The topological polar surface area (TPSA) is 52.6 Å². The van der Waals surface area contributed by atoms with Crippen molar-refractivity contribution in [1.29, 1.82) is 0 Å². The number of esters is 2. The number of methoxy groups -OCH3 is 2. The predicted molar refractivity (Wildman–Crippen MR) is 171 cm³/mol. The van der Waals surface area contributed by atoms with Gasteiger partial charge in [0, 0.05) is 11.3 Å². The molecule has 2 saturated carbocycles. The van der Waals surface area contributed by atoms with Crippen LogP contribution in [0.25, 0.3) is 11.1 Å². The van der Waals surface area contributed by atoms with Gasteiger partial charge in [-0.15, -0.1) is 0 Å². The largest absolute Gasteiger partial charge is 0.468 e. The molecule has 4 heteroatoms. The molecule has 0 saturated heterocycles. The van der Waals surface area contributed by atoms with Crippen LogP contribution in [0.3, 0.4) is 0 Å².